The van der Waals surface area contributed by atoms with E-state index in [9.17, 15) is 0 Å². The first-order chi connectivity index (χ1) is 17.5. The summed E-state index contributed by atoms with van der Waals surface area (Å²) in [5, 5.41) is 7.51. The summed E-state index contributed by atoms with van der Waals surface area (Å²) in [6, 6.07) is 13.1. The van der Waals surface area contributed by atoms with Crippen molar-refractivity contribution in [3.8, 4) is 0 Å². The molecule has 6 nitrogen and oxygen atoms in total. The van der Waals surface area contributed by atoms with Gasteiger partial charge in [-0.1, -0.05) is 57.0 Å². The maximum absolute atomic E-state index is 5.77. The summed E-state index contributed by atoms with van der Waals surface area (Å²) in [6.07, 6.45) is 9.87. The van der Waals surface area contributed by atoms with E-state index in [1.165, 1.54) is 56.9 Å². The van der Waals surface area contributed by atoms with Crippen LogP contribution in [-0.4, -0.2) is 47.8 Å². The van der Waals surface area contributed by atoms with Crippen molar-refractivity contribution in [2.24, 2.45) is 11.8 Å². The zero-order chi connectivity index (χ0) is 25.0. The summed E-state index contributed by atoms with van der Waals surface area (Å²) in [6.45, 7) is 9.73. The van der Waals surface area contributed by atoms with Crippen LogP contribution in [0.25, 0.3) is 0 Å². The highest BCUT2D eigenvalue weighted by atomic mass is 32.1. The highest BCUT2D eigenvalue weighted by Crippen LogP contribution is 2.40. The zero-order valence-electron chi connectivity index (χ0n) is 22.0. The van der Waals surface area contributed by atoms with Gasteiger partial charge in [0.15, 0.2) is 5.11 Å². The van der Waals surface area contributed by atoms with Crippen molar-refractivity contribution in [1.82, 2.24) is 15.3 Å². The van der Waals surface area contributed by atoms with Crippen LogP contribution >= 0.6 is 12.2 Å². The topological polar surface area (TPSA) is 56.3 Å². The number of hydrogen-bond donors (Lipinski definition) is 2. The van der Waals surface area contributed by atoms with Crippen LogP contribution < -0.4 is 20.4 Å². The summed E-state index contributed by atoms with van der Waals surface area (Å²) in [5.41, 5.74) is 1.56. The Morgan fingerprint density at radius 3 is 2.31 bits per heavy atom. The highest BCUT2D eigenvalue weighted by Gasteiger charge is 2.35. The van der Waals surface area contributed by atoms with E-state index < -0.39 is 0 Å². The second-order valence-corrected chi connectivity index (χ2v) is 11.8. The minimum Gasteiger partial charge on any atom is -0.361 e. The van der Waals surface area contributed by atoms with Gasteiger partial charge in [-0.3, -0.25) is 0 Å². The third-order valence-electron chi connectivity index (χ3n) is 8.55. The van der Waals surface area contributed by atoms with E-state index in [1.54, 1.807) is 0 Å². The number of aromatic nitrogens is 2. The Labute approximate surface area is 222 Å². The molecule has 3 fully saturated rings. The van der Waals surface area contributed by atoms with Crippen LogP contribution in [0, 0.1) is 11.8 Å². The number of anilines is 3. The van der Waals surface area contributed by atoms with E-state index in [2.05, 4.69) is 70.7 Å². The lowest BCUT2D eigenvalue weighted by molar-refractivity contribution is 0.434. The molecular weight excluding hydrogens is 464 g/mol. The van der Waals surface area contributed by atoms with Crippen LogP contribution in [0.3, 0.4) is 0 Å². The number of nitrogens with zero attached hydrogens (tertiary/aromatic N) is 4. The van der Waals surface area contributed by atoms with Crippen molar-refractivity contribution >= 4 is 34.9 Å². The van der Waals surface area contributed by atoms with Gasteiger partial charge >= 0.3 is 0 Å². The van der Waals surface area contributed by atoms with E-state index in [-0.39, 0.29) is 5.41 Å². The van der Waals surface area contributed by atoms with Gasteiger partial charge in [-0.05, 0) is 68.1 Å². The average Bonchev–Trinajstić information content (AvgIpc) is 3.39. The fraction of sp³-hybridized carbons (Fsp3) is 0.621. The summed E-state index contributed by atoms with van der Waals surface area (Å²) >= 11 is 5.77. The molecule has 0 spiro atoms. The molecule has 2 N–H and O–H groups in total. The third-order valence-corrected chi connectivity index (χ3v) is 8.79. The number of nitrogens with one attached hydrogen (secondary N) is 2. The predicted octanol–water partition coefficient (Wildman–Crippen LogP) is 5.75. The molecule has 3 aliphatic rings. The molecule has 0 radical (unpaired) electrons. The molecule has 1 aromatic heterocycles. The quantitative estimate of drug-likeness (QED) is 0.484. The predicted molar refractivity (Wildman–Crippen MR) is 154 cm³/mol. The summed E-state index contributed by atoms with van der Waals surface area (Å²) in [5.74, 6) is 4.12. The maximum Gasteiger partial charge on any atom is 0.232 e. The molecule has 0 amide bonds. The Balaban J connectivity index is 1.31. The van der Waals surface area contributed by atoms with Crippen molar-refractivity contribution in [2.75, 3.05) is 47.8 Å². The van der Waals surface area contributed by atoms with Gasteiger partial charge in [-0.25, -0.2) is 0 Å². The molecule has 7 heteroatoms. The molecule has 1 saturated carbocycles. The summed E-state index contributed by atoms with van der Waals surface area (Å²) < 4.78 is 0. The highest BCUT2D eigenvalue weighted by molar-refractivity contribution is 7.80. The molecule has 0 unspecified atom stereocenters. The number of benzene rings is 1. The largest absolute Gasteiger partial charge is 0.361 e. The van der Waals surface area contributed by atoms with Gasteiger partial charge in [-0.15, -0.1) is 0 Å². The van der Waals surface area contributed by atoms with Gasteiger partial charge in [0.25, 0.3) is 0 Å². The Hall–Kier alpha value is -2.41. The van der Waals surface area contributed by atoms with Crippen LogP contribution in [0.2, 0.25) is 0 Å². The first-order valence-electron chi connectivity index (χ1n) is 14.0. The fourth-order valence-electron chi connectivity index (χ4n) is 6.24. The van der Waals surface area contributed by atoms with Crippen LogP contribution in [0.4, 0.5) is 17.6 Å². The number of piperidine rings is 2. The molecule has 194 valence electrons. The smallest absolute Gasteiger partial charge is 0.232 e. The molecular formula is C29H42N6S. The second kappa shape index (κ2) is 11.3. The average molecular weight is 507 g/mol. The van der Waals surface area contributed by atoms with E-state index >= 15 is 0 Å². The Morgan fingerprint density at radius 2 is 1.61 bits per heavy atom. The van der Waals surface area contributed by atoms with E-state index in [0.29, 0.717) is 17.0 Å². The second-order valence-electron chi connectivity index (χ2n) is 11.4. The Morgan fingerprint density at radius 1 is 0.917 bits per heavy atom. The standard InChI is InChI=1S/C29H42N6S/c1-22-12-17-34(18-13-22)25-19-26(35-16-8-9-23(2)20-35)32-27(31-25)33-28(36)30-21-29(14-6-7-15-29)24-10-4-3-5-11-24/h3-5,10-11,19,22-23H,6-9,12-18,20-21H2,1-2H3,(H2,30,31,32,33,36)/t23-/m1/s1. The molecule has 0 bridgehead atoms. The molecule has 3 heterocycles. The van der Waals surface area contributed by atoms with Gasteiger partial charge in [0.2, 0.25) is 5.95 Å². The minimum atomic E-state index is 0.148. The molecule has 1 atom stereocenters. The van der Waals surface area contributed by atoms with Gasteiger partial charge in [-0.2, -0.15) is 9.97 Å². The van der Waals surface area contributed by atoms with Crippen LogP contribution in [-0.2, 0) is 5.41 Å². The minimum absolute atomic E-state index is 0.148. The Bertz CT molecular complexity index is 1010. The monoisotopic (exact) mass is 506 g/mol. The van der Waals surface area contributed by atoms with Gasteiger partial charge < -0.3 is 20.4 Å². The molecule has 2 saturated heterocycles. The molecule has 1 aliphatic carbocycles. The summed E-state index contributed by atoms with van der Waals surface area (Å²) in [7, 11) is 0. The van der Waals surface area contributed by atoms with Gasteiger partial charge in [0, 0.05) is 44.2 Å². The lowest BCUT2D eigenvalue weighted by Crippen LogP contribution is -2.41. The van der Waals surface area contributed by atoms with Crippen LogP contribution in [0.5, 0.6) is 0 Å². The van der Waals surface area contributed by atoms with Crippen molar-refractivity contribution < 1.29 is 0 Å². The van der Waals surface area contributed by atoms with Crippen molar-refractivity contribution in [3.63, 3.8) is 0 Å². The van der Waals surface area contributed by atoms with E-state index in [4.69, 9.17) is 22.2 Å². The molecule has 2 aromatic rings. The van der Waals surface area contributed by atoms with Gasteiger partial charge in [0.05, 0.1) is 0 Å². The third kappa shape index (κ3) is 5.93. The lowest BCUT2D eigenvalue weighted by atomic mass is 9.79. The van der Waals surface area contributed by atoms with Crippen LogP contribution in [0.15, 0.2) is 36.4 Å². The number of hydrogen-bond acceptors (Lipinski definition) is 5. The zero-order valence-corrected chi connectivity index (χ0v) is 22.8. The first kappa shape index (κ1) is 25.2. The van der Waals surface area contributed by atoms with E-state index in [0.717, 1.165) is 50.3 Å². The van der Waals surface area contributed by atoms with Crippen molar-refractivity contribution in [2.45, 2.75) is 70.6 Å². The van der Waals surface area contributed by atoms with Crippen molar-refractivity contribution in [3.05, 3.63) is 42.0 Å². The molecule has 5 rings (SSSR count). The number of thiocarbonyl (C=S) groups is 1. The molecule has 2 aliphatic heterocycles. The fourth-order valence-corrected chi connectivity index (χ4v) is 6.41. The lowest BCUT2D eigenvalue weighted by Gasteiger charge is -2.34. The van der Waals surface area contributed by atoms with E-state index in [1.807, 2.05) is 0 Å². The Kier molecular flexibility index (Phi) is 7.94. The molecule has 1 aromatic carbocycles. The normalized spacial score (nSPS) is 22.4. The van der Waals surface area contributed by atoms with Crippen molar-refractivity contribution in [1.29, 1.82) is 0 Å². The van der Waals surface area contributed by atoms with Gasteiger partial charge in [0.1, 0.15) is 11.6 Å². The van der Waals surface area contributed by atoms with Crippen LogP contribution in [0.1, 0.15) is 70.8 Å². The molecule has 36 heavy (non-hydrogen) atoms. The first-order valence-corrected chi connectivity index (χ1v) is 14.4. The summed E-state index contributed by atoms with van der Waals surface area (Å²) in [4.78, 5) is 14.7. The maximum atomic E-state index is 5.77. The SMILES string of the molecule is CC1CCN(c2cc(N3CCC[C@@H](C)C3)nc(NC(=S)NCC3(c4ccccc4)CCCC3)n2)CC1. The number of rotatable bonds is 6.